The van der Waals surface area contributed by atoms with Crippen molar-refractivity contribution in [2.24, 2.45) is 0 Å². The number of amides is 1. The third-order valence-electron chi connectivity index (χ3n) is 11.1. The van der Waals surface area contributed by atoms with Crippen molar-refractivity contribution in [3.05, 3.63) is 24.3 Å². The molecule has 0 rings (SSSR count). The summed E-state index contributed by atoms with van der Waals surface area (Å²) >= 11 is 0. The smallest absolute Gasteiger partial charge is 0.407 e. The van der Waals surface area contributed by atoms with Gasteiger partial charge in [-0.3, -0.25) is 9.59 Å². The maximum absolute atomic E-state index is 12.6. The zero-order chi connectivity index (χ0) is 44.5. The first-order chi connectivity index (χ1) is 29.9. The van der Waals surface area contributed by atoms with Gasteiger partial charge in [-0.05, 0) is 117 Å². The molecule has 358 valence electrons. The maximum atomic E-state index is 12.6. The van der Waals surface area contributed by atoms with Crippen LogP contribution in [0.15, 0.2) is 24.3 Å². The molecule has 0 aliphatic heterocycles. The number of nitrogens with one attached hydrogen (secondary N) is 1. The molecule has 0 aromatic rings. The molecule has 0 saturated carbocycles. The molecule has 1 amide bonds. The van der Waals surface area contributed by atoms with E-state index in [0.29, 0.717) is 58.7 Å². The molecule has 61 heavy (non-hydrogen) atoms. The SMILES string of the molecule is CCCCCCCC/C=C\CCCCCCCC(=O)OCCCCC(CCCCOC(=O)CCCCCCC/C=C\CCCCCCCC)OC(=O)NCCOCCN(C)C. The lowest BCUT2D eigenvalue weighted by Crippen LogP contribution is -2.32. The summed E-state index contributed by atoms with van der Waals surface area (Å²) in [5.74, 6) is -0.242. The first kappa shape index (κ1) is 58.6. The van der Waals surface area contributed by atoms with E-state index in [4.69, 9.17) is 18.9 Å². The molecule has 0 aliphatic rings. The molecule has 0 heterocycles. The second-order valence-corrected chi connectivity index (χ2v) is 17.5. The largest absolute Gasteiger partial charge is 0.466 e. The molecule has 0 atom stereocenters. The van der Waals surface area contributed by atoms with Gasteiger partial charge in [-0.25, -0.2) is 4.79 Å². The summed E-state index contributed by atoms with van der Waals surface area (Å²) in [7, 11) is 3.99. The summed E-state index contributed by atoms with van der Waals surface area (Å²) in [5.41, 5.74) is 0. The van der Waals surface area contributed by atoms with E-state index in [1.165, 1.54) is 116 Å². The molecular formula is C52H98N2O7. The Morgan fingerprint density at radius 3 is 1.28 bits per heavy atom. The number of hydrogen-bond donors (Lipinski definition) is 1. The number of allylic oxidation sites excluding steroid dienone is 4. The van der Waals surface area contributed by atoms with Crippen LogP contribution in [-0.4, -0.2) is 82.6 Å². The highest BCUT2D eigenvalue weighted by molar-refractivity contribution is 5.69. The Balaban J connectivity index is 4.15. The van der Waals surface area contributed by atoms with Crippen LogP contribution in [0.25, 0.3) is 0 Å². The van der Waals surface area contributed by atoms with Crippen LogP contribution in [0.5, 0.6) is 0 Å². The lowest BCUT2D eigenvalue weighted by molar-refractivity contribution is -0.144. The van der Waals surface area contributed by atoms with Crippen molar-refractivity contribution >= 4 is 18.0 Å². The van der Waals surface area contributed by atoms with Gasteiger partial charge in [-0.15, -0.1) is 0 Å². The molecule has 0 aromatic heterocycles. The van der Waals surface area contributed by atoms with Crippen LogP contribution in [-0.2, 0) is 28.5 Å². The number of ether oxygens (including phenoxy) is 4. The van der Waals surface area contributed by atoms with Crippen molar-refractivity contribution < 1.29 is 33.3 Å². The zero-order valence-electron chi connectivity index (χ0n) is 40.5. The van der Waals surface area contributed by atoms with Crippen molar-refractivity contribution in [1.82, 2.24) is 10.2 Å². The van der Waals surface area contributed by atoms with Gasteiger partial charge in [0.25, 0.3) is 0 Å². The van der Waals surface area contributed by atoms with Gasteiger partial charge >= 0.3 is 18.0 Å². The average Bonchev–Trinajstić information content (AvgIpc) is 3.24. The van der Waals surface area contributed by atoms with E-state index in [-0.39, 0.29) is 18.0 Å². The van der Waals surface area contributed by atoms with Crippen molar-refractivity contribution in [1.29, 1.82) is 0 Å². The van der Waals surface area contributed by atoms with Crippen molar-refractivity contribution in [3.63, 3.8) is 0 Å². The van der Waals surface area contributed by atoms with Gasteiger partial charge in [-0.1, -0.05) is 141 Å². The quantitative estimate of drug-likeness (QED) is 0.0279. The second kappa shape index (κ2) is 48.6. The zero-order valence-corrected chi connectivity index (χ0v) is 40.5. The average molecular weight is 863 g/mol. The molecule has 0 unspecified atom stereocenters. The topological polar surface area (TPSA) is 103 Å². The van der Waals surface area contributed by atoms with Crippen LogP contribution in [0.1, 0.15) is 232 Å². The van der Waals surface area contributed by atoms with Crippen LogP contribution in [0.3, 0.4) is 0 Å². The molecule has 0 bridgehead atoms. The van der Waals surface area contributed by atoms with E-state index < -0.39 is 6.09 Å². The minimum atomic E-state index is -0.445. The molecule has 0 radical (unpaired) electrons. The monoisotopic (exact) mass is 863 g/mol. The van der Waals surface area contributed by atoms with Crippen molar-refractivity contribution in [2.75, 3.05) is 53.6 Å². The van der Waals surface area contributed by atoms with Gasteiger partial charge in [0.05, 0.1) is 26.4 Å². The van der Waals surface area contributed by atoms with E-state index in [9.17, 15) is 14.4 Å². The summed E-state index contributed by atoms with van der Waals surface area (Å²) in [6.07, 6.45) is 46.2. The van der Waals surface area contributed by atoms with Crippen molar-refractivity contribution in [3.8, 4) is 0 Å². The standard InChI is InChI=1S/C52H98N2O7/c1-5-7-9-11-13-15-17-19-21-23-25-27-29-31-33-41-50(55)59-45-37-35-39-49(61-52(57)53-43-47-58-48-44-54(3)4)40-36-38-46-60-51(56)42-34-32-30-28-26-24-22-20-18-16-14-12-10-8-6-2/h19-22,49H,5-18,23-48H2,1-4H3,(H,53,57)/b21-19-,22-20-. The predicted molar refractivity (Wildman–Crippen MR) is 256 cm³/mol. The molecule has 0 spiro atoms. The Morgan fingerprint density at radius 2 is 0.869 bits per heavy atom. The lowest BCUT2D eigenvalue weighted by Gasteiger charge is -2.18. The number of hydrogen-bond acceptors (Lipinski definition) is 8. The molecule has 0 fully saturated rings. The fourth-order valence-electron chi connectivity index (χ4n) is 7.17. The van der Waals surface area contributed by atoms with E-state index in [0.717, 1.165) is 83.6 Å². The first-order valence-corrected chi connectivity index (χ1v) is 25.7. The van der Waals surface area contributed by atoms with Gasteiger partial charge in [-0.2, -0.15) is 0 Å². The Hall–Kier alpha value is -2.39. The minimum absolute atomic E-state index is 0.121. The summed E-state index contributed by atoms with van der Waals surface area (Å²) in [6, 6.07) is 0. The molecule has 9 nitrogen and oxygen atoms in total. The van der Waals surface area contributed by atoms with Gasteiger partial charge in [0.2, 0.25) is 0 Å². The molecule has 0 saturated heterocycles. The maximum Gasteiger partial charge on any atom is 0.407 e. The fraction of sp³-hybridized carbons (Fsp3) is 0.865. The van der Waals surface area contributed by atoms with Gasteiger partial charge in [0.1, 0.15) is 6.10 Å². The molecular weight excluding hydrogens is 765 g/mol. The Kier molecular flexibility index (Phi) is 46.7. The molecule has 0 aromatic carbocycles. The fourth-order valence-corrected chi connectivity index (χ4v) is 7.17. The number of nitrogens with zero attached hydrogens (tertiary/aromatic N) is 1. The summed E-state index contributed by atoms with van der Waals surface area (Å²) in [4.78, 5) is 39.2. The highest BCUT2D eigenvalue weighted by Crippen LogP contribution is 2.16. The van der Waals surface area contributed by atoms with Crippen molar-refractivity contribution in [2.45, 2.75) is 238 Å². The number of rotatable bonds is 47. The van der Waals surface area contributed by atoms with E-state index in [1.807, 2.05) is 19.0 Å². The van der Waals surface area contributed by atoms with Crippen LogP contribution < -0.4 is 5.32 Å². The van der Waals surface area contributed by atoms with Gasteiger partial charge in [0.15, 0.2) is 0 Å². The van der Waals surface area contributed by atoms with Crippen LogP contribution in [0.2, 0.25) is 0 Å². The van der Waals surface area contributed by atoms with Crippen LogP contribution >= 0.6 is 0 Å². The number of alkyl carbamates (subject to hydrolysis) is 1. The number of unbranched alkanes of at least 4 members (excludes halogenated alkanes) is 24. The Labute approximate surface area is 376 Å². The lowest BCUT2D eigenvalue weighted by atomic mass is 10.1. The van der Waals surface area contributed by atoms with Crippen LogP contribution in [0.4, 0.5) is 4.79 Å². The highest BCUT2D eigenvalue weighted by Gasteiger charge is 2.15. The summed E-state index contributed by atoms with van der Waals surface area (Å²) in [6.45, 7) is 7.55. The number of carbonyl (C=O) groups excluding carboxylic acids is 3. The van der Waals surface area contributed by atoms with E-state index in [1.54, 1.807) is 0 Å². The third kappa shape index (κ3) is 48.5. The number of carbonyl (C=O) groups is 3. The normalized spacial score (nSPS) is 11.7. The van der Waals surface area contributed by atoms with E-state index >= 15 is 0 Å². The molecule has 9 heteroatoms. The van der Waals surface area contributed by atoms with Gasteiger partial charge < -0.3 is 29.2 Å². The van der Waals surface area contributed by atoms with E-state index in [2.05, 4.69) is 43.5 Å². The second-order valence-electron chi connectivity index (χ2n) is 17.5. The molecule has 0 aliphatic carbocycles. The van der Waals surface area contributed by atoms with Gasteiger partial charge in [0, 0.05) is 25.9 Å². The summed E-state index contributed by atoms with van der Waals surface area (Å²) in [5, 5.41) is 2.80. The molecule has 1 N–H and O–H groups in total. The Bertz CT molecular complexity index is 956. The number of esters is 2. The predicted octanol–water partition coefficient (Wildman–Crippen LogP) is 14.2. The van der Waals surface area contributed by atoms with Crippen LogP contribution in [0, 0.1) is 0 Å². The third-order valence-corrected chi connectivity index (χ3v) is 11.1. The summed E-state index contributed by atoms with van der Waals surface area (Å²) < 4.78 is 22.4. The first-order valence-electron chi connectivity index (χ1n) is 25.7. The number of likely N-dealkylation sites (N-methyl/N-ethyl adjacent to an activating group) is 1. The Morgan fingerprint density at radius 1 is 0.475 bits per heavy atom. The minimum Gasteiger partial charge on any atom is -0.466 e. The highest BCUT2D eigenvalue weighted by atomic mass is 16.6.